The van der Waals surface area contributed by atoms with Crippen LogP contribution in [-0.2, 0) is 0 Å². The highest BCUT2D eigenvalue weighted by molar-refractivity contribution is 5.35. The van der Waals surface area contributed by atoms with E-state index in [-0.39, 0.29) is 5.56 Å². The second kappa shape index (κ2) is 2.42. The van der Waals surface area contributed by atoms with E-state index in [2.05, 4.69) is 10.3 Å². The first-order valence-electron chi connectivity index (χ1n) is 3.80. The van der Waals surface area contributed by atoms with Crippen LogP contribution in [0.2, 0.25) is 0 Å². The third-order valence-electron chi connectivity index (χ3n) is 1.71. The van der Waals surface area contributed by atoms with Crippen LogP contribution >= 0.6 is 0 Å². The molecule has 0 radical (unpaired) electrons. The van der Waals surface area contributed by atoms with Gasteiger partial charge in [-0.2, -0.15) is 0 Å². The summed E-state index contributed by atoms with van der Waals surface area (Å²) in [6, 6.07) is 5.73. The molecule has 2 rings (SSSR count). The van der Waals surface area contributed by atoms with E-state index in [9.17, 15) is 4.79 Å². The zero-order valence-electron chi connectivity index (χ0n) is 6.13. The summed E-state index contributed by atoms with van der Waals surface area (Å²) in [4.78, 5) is 13.5. The van der Waals surface area contributed by atoms with Crippen molar-refractivity contribution in [3.05, 3.63) is 28.6 Å². The van der Waals surface area contributed by atoms with Gasteiger partial charge >= 0.3 is 0 Å². The van der Waals surface area contributed by atoms with Crippen LogP contribution in [0.15, 0.2) is 23.0 Å². The van der Waals surface area contributed by atoms with Crippen LogP contribution in [0.5, 0.6) is 0 Å². The lowest BCUT2D eigenvalue weighted by Gasteiger charge is -2.01. The quantitative estimate of drug-likeness (QED) is 0.659. The second-order valence-corrected chi connectivity index (χ2v) is 2.85. The molecule has 1 aromatic rings. The molecule has 0 aliphatic heterocycles. The maximum atomic E-state index is 10.8. The Morgan fingerprint density at radius 2 is 2.27 bits per heavy atom. The predicted molar refractivity (Wildman–Crippen MR) is 43.7 cm³/mol. The first-order chi connectivity index (χ1) is 5.34. The van der Waals surface area contributed by atoms with Gasteiger partial charge in [0.2, 0.25) is 5.56 Å². The summed E-state index contributed by atoms with van der Waals surface area (Å²) in [6.07, 6.45) is 2.44. The Labute approximate surface area is 64.5 Å². The van der Waals surface area contributed by atoms with Crippen LogP contribution < -0.4 is 10.9 Å². The van der Waals surface area contributed by atoms with Crippen molar-refractivity contribution < 1.29 is 0 Å². The van der Waals surface area contributed by atoms with Crippen LogP contribution in [0.25, 0.3) is 0 Å². The number of rotatable bonds is 2. The minimum absolute atomic E-state index is 0.0457. The van der Waals surface area contributed by atoms with Gasteiger partial charge in [0.15, 0.2) is 0 Å². The number of H-pyrrole nitrogens is 1. The lowest BCUT2D eigenvalue weighted by Crippen LogP contribution is -2.09. The van der Waals surface area contributed by atoms with Gasteiger partial charge < -0.3 is 10.3 Å². The molecule has 0 amide bonds. The summed E-state index contributed by atoms with van der Waals surface area (Å²) in [7, 11) is 0. The molecular formula is C8H10N2O. The molecule has 1 fully saturated rings. The van der Waals surface area contributed by atoms with Crippen LogP contribution in [0.1, 0.15) is 12.8 Å². The number of nitrogens with one attached hydrogen (secondary N) is 2. The number of aromatic amines is 1. The fraction of sp³-hybridized carbons (Fsp3) is 0.375. The molecule has 3 heteroatoms. The van der Waals surface area contributed by atoms with Gasteiger partial charge in [0.1, 0.15) is 5.82 Å². The summed E-state index contributed by atoms with van der Waals surface area (Å²) in [6.45, 7) is 0. The lowest BCUT2D eigenvalue weighted by molar-refractivity contribution is 1.10. The van der Waals surface area contributed by atoms with Crippen LogP contribution in [0.3, 0.4) is 0 Å². The van der Waals surface area contributed by atoms with Gasteiger partial charge in [0.05, 0.1) is 0 Å². The molecule has 0 unspecified atom stereocenters. The van der Waals surface area contributed by atoms with E-state index in [0.717, 1.165) is 5.82 Å². The normalized spacial score (nSPS) is 16.4. The van der Waals surface area contributed by atoms with Crippen LogP contribution in [0, 0.1) is 0 Å². The van der Waals surface area contributed by atoms with E-state index >= 15 is 0 Å². The molecule has 2 N–H and O–H groups in total. The van der Waals surface area contributed by atoms with Crippen LogP contribution in [-0.4, -0.2) is 11.0 Å². The smallest absolute Gasteiger partial charge is 0.249 e. The molecule has 11 heavy (non-hydrogen) atoms. The average molecular weight is 150 g/mol. The Kier molecular flexibility index (Phi) is 1.42. The van der Waals surface area contributed by atoms with E-state index in [0.29, 0.717) is 6.04 Å². The third-order valence-corrected chi connectivity index (χ3v) is 1.71. The van der Waals surface area contributed by atoms with Crippen molar-refractivity contribution in [2.75, 3.05) is 5.32 Å². The van der Waals surface area contributed by atoms with Gasteiger partial charge in [-0.25, -0.2) is 0 Å². The van der Waals surface area contributed by atoms with Crippen molar-refractivity contribution in [2.45, 2.75) is 18.9 Å². The fourth-order valence-electron chi connectivity index (χ4n) is 0.980. The molecule has 1 aliphatic rings. The molecular weight excluding hydrogens is 140 g/mol. The Morgan fingerprint density at radius 1 is 1.45 bits per heavy atom. The number of anilines is 1. The molecule has 0 atom stereocenters. The molecule has 3 nitrogen and oxygen atoms in total. The molecule has 1 aliphatic carbocycles. The van der Waals surface area contributed by atoms with Gasteiger partial charge in [-0.05, 0) is 18.9 Å². The van der Waals surface area contributed by atoms with Gasteiger partial charge in [-0.15, -0.1) is 0 Å². The predicted octanol–water partition coefficient (Wildman–Crippen LogP) is 0.949. The van der Waals surface area contributed by atoms with Gasteiger partial charge in [0.25, 0.3) is 0 Å². The van der Waals surface area contributed by atoms with Crippen molar-refractivity contribution in [1.82, 2.24) is 4.98 Å². The maximum Gasteiger partial charge on any atom is 0.249 e. The Hall–Kier alpha value is -1.25. The highest BCUT2D eigenvalue weighted by Gasteiger charge is 2.20. The summed E-state index contributed by atoms with van der Waals surface area (Å²) in [5, 5.41) is 3.20. The summed E-state index contributed by atoms with van der Waals surface area (Å²) >= 11 is 0. The molecule has 0 spiro atoms. The van der Waals surface area contributed by atoms with Crippen molar-refractivity contribution >= 4 is 5.82 Å². The van der Waals surface area contributed by atoms with E-state index in [4.69, 9.17) is 0 Å². The SMILES string of the molecule is O=c1cccc(NC2CC2)[nH]1. The first-order valence-corrected chi connectivity index (χ1v) is 3.80. The minimum Gasteiger partial charge on any atom is -0.369 e. The molecule has 58 valence electrons. The second-order valence-electron chi connectivity index (χ2n) is 2.85. The highest BCUT2D eigenvalue weighted by Crippen LogP contribution is 2.22. The fourth-order valence-corrected chi connectivity index (χ4v) is 0.980. The van der Waals surface area contributed by atoms with E-state index in [1.54, 1.807) is 6.07 Å². The number of hydrogen-bond acceptors (Lipinski definition) is 2. The molecule has 0 bridgehead atoms. The lowest BCUT2D eigenvalue weighted by atomic mass is 10.4. The molecule has 0 aromatic carbocycles. The maximum absolute atomic E-state index is 10.8. The molecule has 1 aromatic heterocycles. The van der Waals surface area contributed by atoms with E-state index < -0.39 is 0 Å². The zero-order valence-corrected chi connectivity index (χ0v) is 6.13. The Balaban J connectivity index is 2.16. The van der Waals surface area contributed by atoms with Gasteiger partial charge in [0, 0.05) is 12.1 Å². The number of pyridine rings is 1. The standard InChI is InChI=1S/C8H10N2O/c11-8-3-1-2-7(10-8)9-6-4-5-6/h1-3,6H,4-5H2,(H2,9,10,11). The van der Waals surface area contributed by atoms with Crippen molar-refractivity contribution in [2.24, 2.45) is 0 Å². The largest absolute Gasteiger partial charge is 0.369 e. The Morgan fingerprint density at radius 3 is 2.91 bits per heavy atom. The van der Waals surface area contributed by atoms with Crippen molar-refractivity contribution in [3.8, 4) is 0 Å². The topological polar surface area (TPSA) is 44.9 Å². The van der Waals surface area contributed by atoms with Gasteiger partial charge in [-0.3, -0.25) is 4.79 Å². The molecule has 0 saturated heterocycles. The summed E-state index contributed by atoms with van der Waals surface area (Å²) in [5.74, 6) is 0.833. The highest BCUT2D eigenvalue weighted by atomic mass is 16.1. The third kappa shape index (κ3) is 1.61. The number of hydrogen-bond donors (Lipinski definition) is 2. The minimum atomic E-state index is -0.0457. The van der Waals surface area contributed by atoms with Crippen molar-refractivity contribution in [1.29, 1.82) is 0 Å². The summed E-state index contributed by atoms with van der Waals surface area (Å²) < 4.78 is 0. The van der Waals surface area contributed by atoms with Crippen LogP contribution in [0.4, 0.5) is 5.82 Å². The summed E-state index contributed by atoms with van der Waals surface area (Å²) in [5.41, 5.74) is -0.0457. The van der Waals surface area contributed by atoms with Gasteiger partial charge in [-0.1, -0.05) is 6.07 Å². The zero-order chi connectivity index (χ0) is 7.68. The van der Waals surface area contributed by atoms with Crippen molar-refractivity contribution in [3.63, 3.8) is 0 Å². The molecule has 1 heterocycles. The molecule has 1 saturated carbocycles. The Bertz CT molecular complexity index is 301. The number of aromatic nitrogens is 1. The van der Waals surface area contributed by atoms with E-state index in [1.165, 1.54) is 18.9 Å². The first kappa shape index (κ1) is 6.46. The monoisotopic (exact) mass is 150 g/mol. The average Bonchev–Trinajstić information content (AvgIpc) is 2.71. The van der Waals surface area contributed by atoms with E-state index in [1.807, 2.05) is 6.07 Å².